The number of nitro benzene ring substituents is 2. The van der Waals surface area contributed by atoms with Crippen LogP contribution in [0.4, 0.5) is 16.2 Å². The molecule has 1 saturated heterocycles. The van der Waals surface area contributed by atoms with Crippen molar-refractivity contribution in [2.75, 3.05) is 39.5 Å². The molecule has 14 nitrogen and oxygen atoms in total. The molecular weight excluding hydrogens is 482 g/mol. The fourth-order valence-corrected chi connectivity index (χ4v) is 3.31. The number of amides is 1. The lowest BCUT2D eigenvalue weighted by atomic mass is 9.97. The number of rotatable bonds is 12. The predicted molar refractivity (Wildman–Crippen MR) is 122 cm³/mol. The van der Waals surface area contributed by atoms with Crippen LogP contribution in [-0.2, 0) is 35.1 Å². The van der Waals surface area contributed by atoms with E-state index in [2.05, 4.69) is 6.58 Å². The third kappa shape index (κ3) is 8.30. The quantitative estimate of drug-likeness (QED) is 0.101. The minimum absolute atomic E-state index is 0.0180. The van der Waals surface area contributed by atoms with Gasteiger partial charge in [-0.25, -0.2) is 9.59 Å². The first-order valence-electron chi connectivity index (χ1n) is 11.0. The van der Waals surface area contributed by atoms with Crippen LogP contribution in [0.25, 0.3) is 0 Å². The van der Waals surface area contributed by atoms with E-state index in [-0.39, 0.29) is 50.7 Å². The molecule has 0 aliphatic carbocycles. The van der Waals surface area contributed by atoms with Gasteiger partial charge in [-0.1, -0.05) is 6.58 Å². The van der Waals surface area contributed by atoms with Crippen molar-refractivity contribution < 1.29 is 43.2 Å². The van der Waals surface area contributed by atoms with Crippen LogP contribution in [-0.4, -0.2) is 72.3 Å². The third-order valence-corrected chi connectivity index (χ3v) is 5.23. The lowest BCUT2D eigenvalue weighted by Gasteiger charge is -2.30. The topological polar surface area (TPSA) is 178 Å². The lowest BCUT2D eigenvalue weighted by molar-refractivity contribution is -0.396. The van der Waals surface area contributed by atoms with Crippen molar-refractivity contribution in [3.8, 4) is 0 Å². The number of nitro groups is 2. The number of ether oxygens (including phenoxy) is 4. The summed E-state index contributed by atoms with van der Waals surface area (Å²) in [6.07, 6.45) is -0.163. The Bertz CT molecular complexity index is 971. The molecule has 0 bridgehead atoms. The molecule has 1 aromatic carbocycles. The lowest BCUT2D eigenvalue weighted by Crippen LogP contribution is -2.41. The molecule has 1 aromatic rings. The van der Waals surface area contributed by atoms with Crippen molar-refractivity contribution in [3.63, 3.8) is 0 Å². The second kappa shape index (κ2) is 13.7. The van der Waals surface area contributed by atoms with Crippen LogP contribution in [0.1, 0.15) is 25.3 Å². The number of nitrogens with zero attached hydrogens (tertiary/aromatic N) is 3. The molecule has 2 rings (SSSR count). The number of hydrogen-bond donors (Lipinski definition) is 0. The molecule has 0 N–H and O–H groups in total. The van der Waals surface area contributed by atoms with E-state index in [1.165, 1.54) is 17.9 Å². The average Bonchev–Trinajstić information content (AvgIpc) is 2.85. The van der Waals surface area contributed by atoms with Gasteiger partial charge in [-0.3, -0.25) is 25.0 Å². The van der Waals surface area contributed by atoms with Gasteiger partial charge in [-0.2, -0.15) is 0 Å². The van der Waals surface area contributed by atoms with Crippen LogP contribution in [0.3, 0.4) is 0 Å². The number of benzene rings is 1. The highest BCUT2D eigenvalue weighted by atomic mass is 16.6. The number of likely N-dealkylation sites (tertiary alicyclic amines) is 1. The van der Waals surface area contributed by atoms with Crippen molar-refractivity contribution in [3.05, 3.63) is 56.1 Å². The zero-order chi connectivity index (χ0) is 26.7. The number of hydrogen-bond acceptors (Lipinski definition) is 11. The number of carbonyl (C=O) groups is 3. The monoisotopic (exact) mass is 509 g/mol. The molecule has 1 aliphatic heterocycles. The summed E-state index contributed by atoms with van der Waals surface area (Å²) in [5.41, 5.74) is -1.06. The first-order valence-corrected chi connectivity index (χ1v) is 11.0. The summed E-state index contributed by atoms with van der Waals surface area (Å²) in [5.74, 6) is -1.37. The fraction of sp³-hybridized carbons (Fsp3) is 0.500. The summed E-state index contributed by atoms with van der Waals surface area (Å²) in [7, 11) is 0. The first kappa shape index (κ1) is 28.2. The van der Waals surface area contributed by atoms with Crippen LogP contribution in [0, 0.1) is 26.1 Å². The van der Waals surface area contributed by atoms with Crippen molar-refractivity contribution in [2.24, 2.45) is 5.92 Å². The number of piperidine rings is 1. The van der Waals surface area contributed by atoms with Gasteiger partial charge in [0.25, 0.3) is 11.4 Å². The van der Waals surface area contributed by atoms with Crippen molar-refractivity contribution >= 4 is 29.4 Å². The average molecular weight is 509 g/mol. The van der Waals surface area contributed by atoms with Crippen LogP contribution in [0.15, 0.2) is 30.4 Å². The molecule has 0 aromatic heterocycles. The molecule has 0 atom stereocenters. The SMILES string of the molecule is C=C(C)C(=O)OCCOCCOC(=O)C1CCN(C(=O)OCc2c([N+](=O)[O-])cccc2[N+](=O)[O-])CC1. The van der Waals surface area contributed by atoms with E-state index in [1.807, 2.05) is 0 Å². The second-order valence-electron chi connectivity index (χ2n) is 7.80. The van der Waals surface area contributed by atoms with E-state index in [1.54, 1.807) is 0 Å². The summed E-state index contributed by atoms with van der Waals surface area (Å²) >= 11 is 0. The van der Waals surface area contributed by atoms with Gasteiger partial charge in [-0.05, 0) is 25.8 Å². The second-order valence-corrected chi connectivity index (χ2v) is 7.80. The molecule has 36 heavy (non-hydrogen) atoms. The van der Waals surface area contributed by atoms with E-state index in [0.29, 0.717) is 12.8 Å². The maximum Gasteiger partial charge on any atom is 0.410 e. The Hall–Kier alpha value is -4.07. The maximum atomic E-state index is 12.4. The molecule has 1 heterocycles. The van der Waals surface area contributed by atoms with Crippen LogP contribution >= 0.6 is 0 Å². The highest BCUT2D eigenvalue weighted by Crippen LogP contribution is 2.29. The van der Waals surface area contributed by atoms with Crippen LogP contribution in [0.2, 0.25) is 0 Å². The minimum atomic E-state index is -0.796. The standard InChI is InChI=1S/C22H27N3O11/c1-15(2)20(26)34-12-10-33-11-13-35-21(27)16-6-8-23(9-7-16)22(28)36-14-17-18(24(29)30)4-3-5-19(17)25(31)32/h3-5,16H,1,6-14H2,2H3. The Morgan fingerprint density at radius 1 is 0.972 bits per heavy atom. The van der Waals surface area contributed by atoms with E-state index in [0.717, 1.165) is 12.1 Å². The van der Waals surface area contributed by atoms with Gasteiger partial charge in [0, 0.05) is 30.8 Å². The molecule has 0 saturated carbocycles. The van der Waals surface area contributed by atoms with Gasteiger partial charge in [-0.15, -0.1) is 0 Å². The Balaban J connectivity index is 1.71. The summed E-state index contributed by atoms with van der Waals surface area (Å²) in [5, 5.41) is 22.4. The molecule has 1 amide bonds. The van der Waals surface area contributed by atoms with Gasteiger partial charge in [0.05, 0.1) is 29.0 Å². The van der Waals surface area contributed by atoms with Crippen molar-refractivity contribution in [2.45, 2.75) is 26.4 Å². The molecule has 1 aliphatic rings. The highest BCUT2D eigenvalue weighted by Gasteiger charge is 2.31. The van der Waals surface area contributed by atoms with E-state index < -0.39 is 51.8 Å². The van der Waals surface area contributed by atoms with Gasteiger partial charge in [0.1, 0.15) is 25.4 Å². The third-order valence-electron chi connectivity index (χ3n) is 5.23. The zero-order valence-corrected chi connectivity index (χ0v) is 19.7. The van der Waals surface area contributed by atoms with Crippen molar-refractivity contribution in [1.82, 2.24) is 4.90 Å². The number of carbonyl (C=O) groups excluding carboxylic acids is 3. The predicted octanol–water partition coefficient (Wildman–Crippen LogP) is 2.53. The molecule has 196 valence electrons. The van der Waals surface area contributed by atoms with Gasteiger partial charge < -0.3 is 23.8 Å². The molecule has 0 radical (unpaired) electrons. The van der Waals surface area contributed by atoms with Gasteiger partial charge >= 0.3 is 18.0 Å². The Kier molecular flexibility index (Phi) is 10.7. The molecule has 0 unspecified atom stereocenters. The largest absolute Gasteiger partial charge is 0.463 e. The Morgan fingerprint density at radius 2 is 1.53 bits per heavy atom. The summed E-state index contributed by atoms with van der Waals surface area (Å²) < 4.78 is 20.3. The van der Waals surface area contributed by atoms with E-state index in [4.69, 9.17) is 18.9 Å². The normalized spacial score (nSPS) is 13.5. The fourth-order valence-electron chi connectivity index (χ4n) is 3.31. The Morgan fingerprint density at radius 3 is 2.06 bits per heavy atom. The molecular formula is C22H27N3O11. The van der Waals surface area contributed by atoms with Gasteiger partial charge in [0.15, 0.2) is 0 Å². The van der Waals surface area contributed by atoms with Crippen LogP contribution < -0.4 is 0 Å². The summed E-state index contributed by atoms with van der Waals surface area (Å²) in [6, 6.07) is 3.37. The molecule has 0 spiro atoms. The molecule has 1 fully saturated rings. The minimum Gasteiger partial charge on any atom is -0.463 e. The number of esters is 2. The van der Waals surface area contributed by atoms with Gasteiger partial charge in [0.2, 0.25) is 0 Å². The van der Waals surface area contributed by atoms with Crippen LogP contribution in [0.5, 0.6) is 0 Å². The zero-order valence-electron chi connectivity index (χ0n) is 19.7. The summed E-state index contributed by atoms with van der Waals surface area (Å²) in [6.45, 7) is 5.05. The highest BCUT2D eigenvalue weighted by molar-refractivity contribution is 5.86. The Labute approximate surface area is 206 Å². The van der Waals surface area contributed by atoms with Crippen molar-refractivity contribution in [1.29, 1.82) is 0 Å². The molecule has 14 heteroatoms. The van der Waals surface area contributed by atoms with E-state index in [9.17, 15) is 34.6 Å². The maximum absolute atomic E-state index is 12.4. The summed E-state index contributed by atoms with van der Waals surface area (Å²) in [4.78, 5) is 58.0. The van der Waals surface area contributed by atoms with E-state index >= 15 is 0 Å². The smallest absolute Gasteiger partial charge is 0.410 e. The first-order chi connectivity index (χ1) is 17.1.